The fourth-order valence-corrected chi connectivity index (χ4v) is 2.45. The summed E-state index contributed by atoms with van der Waals surface area (Å²) in [7, 11) is 0. The van der Waals surface area contributed by atoms with E-state index in [0.29, 0.717) is 5.02 Å². The van der Waals surface area contributed by atoms with Crippen molar-refractivity contribution in [3.63, 3.8) is 0 Å². The van der Waals surface area contributed by atoms with Crippen LogP contribution in [-0.2, 0) is 0 Å². The molecular weight excluding hydrogens is 282 g/mol. The Balaban J connectivity index is 2.15. The molecule has 108 valence electrons. The molecule has 0 spiro atoms. The molecule has 2 N–H and O–H groups in total. The van der Waals surface area contributed by atoms with Crippen LogP contribution in [0, 0.1) is 10.1 Å². The molecule has 0 bridgehead atoms. The van der Waals surface area contributed by atoms with E-state index in [4.69, 9.17) is 11.6 Å². The van der Waals surface area contributed by atoms with Crippen LogP contribution in [0.15, 0.2) is 18.2 Å². The van der Waals surface area contributed by atoms with Crippen molar-refractivity contribution in [1.29, 1.82) is 0 Å². The Labute approximate surface area is 121 Å². The largest absolute Gasteiger partial charge is 0.349 e. The predicted molar refractivity (Wildman–Crippen MR) is 76.1 cm³/mol. The standard InChI is InChI=1S/C13H16ClN3O3/c14-9-3-4-12(17(19)20)11(8-9)13(18)16-10-2-1-6-15-7-5-10/h3-4,8,10,15H,1-2,5-7H2,(H,16,18). The maximum Gasteiger partial charge on any atom is 0.282 e. The third kappa shape index (κ3) is 3.68. The van der Waals surface area contributed by atoms with Gasteiger partial charge in [0, 0.05) is 17.1 Å². The predicted octanol–water partition coefficient (Wildman–Crippen LogP) is 2.12. The molecule has 1 heterocycles. The smallest absolute Gasteiger partial charge is 0.282 e. The zero-order valence-corrected chi connectivity index (χ0v) is 11.7. The van der Waals surface area contributed by atoms with Crippen LogP contribution < -0.4 is 10.6 Å². The van der Waals surface area contributed by atoms with Crippen molar-refractivity contribution in [2.24, 2.45) is 0 Å². The van der Waals surface area contributed by atoms with Gasteiger partial charge in [0.2, 0.25) is 0 Å². The number of nitrogens with zero attached hydrogens (tertiary/aromatic N) is 1. The van der Waals surface area contributed by atoms with Crippen molar-refractivity contribution >= 4 is 23.2 Å². The van der Waals surface area contributed by atoms with E-state index in [-0.39, 0.29) is 17.3 Å². The number of nitrogens with one attached hydrogen (secondary N) is 2. The van der Waals surface area contributed by atoms with E-state index in [2.05, 4.69) is 10.6 Å². The third-order valence-corrected chi connectivity index (χ3v) is 3.55. The van der Waals surface area contributed by atoms with Crippen LogP contribution in [-0.4, -0.2) is 30.0 Å². The summed E-state index contributed by atoms with van der Waals surface area (Å²) in [6.45, 7) is 1.77. The Hall–Kier alpha value is -1.66. The second-order valence-electron chi connectivity index (χ2n) is 4.77. The maximum atomic E-state index is 12.2. The molecule has 20 heavy (non-hydrogen) atoms. The molecule has 0 aromatic heterocycles. The summed E-state index contributed by atoms with van der Waals surface area (Å²) in [5.74, 6) is -0.439. The summed E-state index contributed by atoms with van der Waals surface area (Å²) in [5, 5.41) is 17.4. The Morgan fingerprint density at radius 1 is 1.40 bits per heavy atom. The molecule has 1 atom stereocenters. The molecular formula is C13H16ClN3O3. The van der Waals surface area contributed by atoms with Gasteiger partial charge in [0.1, 0.15) is 5.56 Å². The average molecular weight is 298 g/mol. The number of nitro groups is 1. The van der Waals surface area contributed by atoms with Crippen LogP contribution in [0.25, 0.3) is 0 Å². The summed E-state index contributed by atoms with van der Waals surface area (Å²) >= 11 is 5.82. The molecule has 0 aliphatic carbocycles. The van der Waals surface area contributed by atoms with Gasteiger partial charge in [-0.05, 0) is 44.5 Å². The van der Waals surface area contributed by atoms with Gasteiger partial charge in [-0.3, -0.25) is 14.9 Å². The van der Waals surface area contributed by atoms with Crippen molar-refractivity contribution in [1.82, 2.24) is 10.6 Å². The highest BCUT2D eigenvalue weighted by Gasteiger charge is 2.23. The van der Waals surface area contributed by atoms with E-state index in [1.165, 1.54) is 18.2 Å². The molecule has 1 saturated heterocycles. The summed E-state index contributed by atoms with van der Waals surface area (Å²) in [6.07, 6.45) is 2.66. The number of halogens is 1. The second kappa shape index (κ2) is 6.67. The summed E-state index contributed by atoms with van der Waals surface area (Å²) in [4.78, 5) is 22.6. The monoisotopic (exact) mass is 297 g/mol. The SMILES string of the molecule is O=C(NC1CCCNCC1)c1cc(Cl)ccc1[N+](=O)[O-]. The number of rotatable bonds is 3. The van der Waals surface area contributed by atoms with Gasteiger partial charge in [0.15, 0.2) is 0 Å². The lowest BCUT2D eigenvalue weighted by Gasteiger charge is -2.16. The van der Waals surface area contributed by atoms with Crippen LogP contribution >= 0.6 is 11.6 Å². The Morgan fingerprint density at radius 2 is 2.20 bits per heavy atom. The van der Waals surface area contributed by atoms with E-state index in [1.54, 1.807) is 0 Å². The molecule has 1 amide bonds. The van der Waals surface area contributed by atoms with Crippen molar-refractivity contribution in [2.75, 3.05) is 13.1 Å². The van der Waals surface area contributed by atoms with E-state index in [0.717, 1.165) is 32.4 Å². The van der Waals surface area contributed by atoms with Crippen molar-refractivity contribution in [2.45, 2.75) is 25.3 Å². The molecule has 0 radical (unpaired) electrons. The van der Waals surface area contributed by atoms with Gasteiger partial charge in [0.25, 0.3) is 11.6 Å². The quantitative estimate of drug-likeness (QED) is 0.661. The molecule has 1 aromatic carbocycles. The van der Waals surface area contributed by atoms with E-state index in [9.17, 15) is 14.9 Å². The first-order chi connectivity index (χ1) is 9.58. The number of carbonyl (C=O) groups excluding carboxylic acids is 1. The molecule has 6 nitrogen and oxygen atoms in total. The third-order valence-electron chi connectivity index (χ3n) is 3.31. The molecule has 1 aliphatic heterocycles. The minimum atomic E-state index is -0.570. The highest BCUT2D eigenvalue weighted by molar-refractivity contribution is 6.31. The van der Waals surface area contributed by atoms with Gasteiger partial charge >= 0.3 is 0 Å². The number of hydrogen-bond donors (Lipinski definition) is 2. The number of carbonyl (C=O) groups is 1. The summed E-state index contributed by atoms with van der Waals surface area (Å²) in [6, 6.07) is 4.04. The van der Waals surface area contributed by atoms with Crippen molar-refractivity contribution in [3.8, 4) is 0 Å². The van der Waals surface area contributed by atoms with E-state index < -0.39 is 10.8 Å². The zero-order chi connectivity index (χ0) is 14.5. The number of benzene rings is 1. The lowest BCUT2D eigenvalue weighted by atomic mass is 10.1. The van der Waals surface area contributed by atoms with Crippen LogP contribution in [0.3, 0.4) is 0 Å². The maximum absolute atomic E-state index is 12.2. The van der Waals surface area contributed by atoms with Gasteiger partial charge < -0.3 is 10.6 Å². The van der Waals surface area contributed by atoms with Gasteiger partial charge in [-0.15, -0.1) is 0 Å². The molecule has 1 aromatic rings. The summed E-state index contributed by atoms with van der Waals surface area (Å²) < 4.78 is 0. The average Bonchev–Trinajstić information content (AvgIpc) is 2.66. The molecule has 0 saturated carbocycles. The first kappa shape index (κ1) is 14.7. The molecule has 7 heteroatoms. The van der Waals surface area contributed by atoms with Gasteiger partial charge in [-0.1, -0.05) is 11.6 Å². The van der Waals surface area contributed by atoms with E-state index in [1.807, 2.05) is 0 Å². The van der Waals surface area contributed by atoms with Crippen LogP contribution in [0.5, 0.6) is 0 Å². The van der Waals surface area contributed by atoms with Crippen LogP contribution in [0.1, 0.15) is 29.6 Å². The second-order valence-corrected chi connectivity index (χ2v) is 5.21. The number of nitro benzene ring substituents is 1. The Bertz CT molecular complexity index is 514. The van der Waals surface area contributed by atoms with Gasteiger partial charge in [0.05, 0.1) is 4.92 Å². The van der Waals surface area contributed by atoms with E-state index >= 15 is 0 Å². The summed E-state index contributed by atoms with van der Waals surface area (Å²) in [5.41, 5.74) is -0.210. The Kier molecular flexibility index (Phi) is 4.92. The lowest BCUT2D eigenvalue weighted by molar-refractivity contribution is -0.385. The molecule has 1 aliphatic rings. The fraction of sp³-hybridized carbons (Fsp3) is 0.462. The first-order valence-electron chi connectivity index (χ1n) is 6.53. The highest BCUT2D eigenvalue weighted by Crippen LogP contribution is 2.23. The van der Waals surface area contributed by atoms with Crippen molar-refractivity contribution < 1.29 is 9.72 Å². The number of amides is 1. The molecule has 2 rings (SSSR count). The Morgan fingerprint density at radius 3 is 2.95 bits per heavy atom. The zero-order valence-electron chi connectivity index (χ0n) is 10.9. The first-order valence-corrected chi connectivity index (χ1v) is 6.91. The fourth-order valence-electron chi connectivity index (χ4n) is 2.28. The minimum Gasteiger partial charge on any atom is -0.349 e. The van der Waals surface area contributed by atoms with Gasteiger partial charge in [-0.25, -0.2) is 0 Å². The number of hydrogen-bond acceptors (Lipinski definition) is 4. The van der Waals surface area contributed by atoms with Gasteiger partial charge in [-0.2, -0.15) is 0 Å². The topological polar surface area (TPSA) is 84.3 Å². The molecule has 1 fully saturated rings. The minimum absolute atomic E-state index is 0.0136. The van der Waals surface area contributed by atoms with Crippen LogP contribution in [0.4, 0.5) is 5.69 Å². The highest BCUT2D eigenvalue weighted by atomic mass is 35.5. The molecule has 1 unspecified atom stereocenters. The lowest BCUT2D eigenvalue weighted by Crippen LogP contribution is -2.35. The van der Waals surface area contributed by atoms with Crippen molar-refractivity contribution in [3.05, 3.63) is 38.9 Å². The normalized spacial score (nSPS) is 19.1. The van der Waals surface area contributed by atoms with Crippen LogP contribution in [0.2, 0.25) is 5.02 Å².